The van der Waals surface area contributed by atoms with Crippen LogP contribution < -0.4 is 0 Å². The van der Waals surface area contributed by atoms with Crippen LogP contribution in [0.4, 0.5) is 0 Å². The van der Waals surface area contributed by atoms with Crippen LogP contribution in [-0.2, 0) is 23.8 Å². The van der Waals surface area contributed by atoms with E-state index in [0.717, 1.165) is 0 Å². The Labute approximate surface area is 132 Å². The van der Waals surface area contributed by atoms with E-state index in [9.17, 15) is 19.8 Å². The Morgan fingerprint density at radius 2 is 2.04 bits per heavy atom. The third-order valence-corrected chi connectivity index (χ3v) is 3.51. The summed E-state index contributed by atoms with van der Waals surface area (Å²) in [5.41, 5.74) is 8.63. The van der Waals surface area contributed by atoms with Crippen molar-refractivity contribution >= 4 is 11.9 Å². The van der Waals surface area contributed by atoms with Gasteiger partial charge in [-0.25, -0.2) is 0 Å². The molecule has 0 bridgehead atoms. The van der Waals surface area contributed by atoms with Crippen LogP contribution in [0.3, 0.4) is 0 Å². The fourth-order valence-corrected chi connectivity index (χ4v) is 2.50. The van der Waals surface area contributed by atoms with Crippen molar-refractivity contribution in [3.63, 3.8) is 0 Å². The summed E-state index contributed by atoms with van der Waals surface area (Å²) < 4.78 is 15.6. The van der Waals surface area contributed by atoms with Gasteiger partial charge >= 0.3 is 11.9 Å². The molecule has 4 unspecified atom stereocenters. The minimum Gasteiger partial charge on any atom is -0.463 e. The molecule has 1 aliphatic rings. The third kappa shape index (κ3) is 5.36. The van der Waals surface area contributed by atoms with E-state index >= 15 is 0 Å². The van der Waals surface area contributed by atoms with Gasteiger partial charge in [-0.15, -0.1) is 0 Å². The maximum Gasteiger partial charge on any atom is 0.302 e. The first-order valence-corrected chi connectivity index (χ1v) is 7.10. The molecule has 0 amide bonds. The molecule has 10 nitrogen and oxygen atoms in total. The van der Waals surface area contributed by atoms with E-state index in [2.05, 4.69) is 10.0 Å². The molecule has 0 aromatic rings. The summed E-state index contributed by atoms with van der Waals surface area (Å²) in [6.07, 6.45) is -4.33. The van der Waals surface area contributed by atoms with E-state index in [-0.39, 0.29) is 13.2 Å². The minimum absolute atomic E-state index is 0.0725. The highest BCUT2D eigenvalue weighted by Gasteiger charge is 2.47. The Morgan fingerprint density at radius 3 is 2.52 bits per heavy atom. The van der Waals surface area contributed by atoms with Gasteiger partial charge in [0.05, 0.1) is 30.8 Å². The Morgan fingerprint density at radius 1 is 1.39 bits per heavy atom. The first kappa shape index (κ1) is 19.2. The second-order valence-electron chi connectivity index (χ2n) is 5.33. The quantitative estimate of drug-likeness (QED) is 0.299. The predicted molar refractivity (Wildman–Crippen MR) is 76.0 cm³/mol. The Hall–Kier alpha value is -1.87. The smallest absolute Gasteiger partial charge is 0.302 e. The van der Waals surface area contributed by atoms with Crippen molar-refractivity contribution in [1.29, 1.82) is 0 Å². The summed E-state index contributed by atoms with van der Waals surface area (Å²) in [5, 5.41) is 23.5. The van der Waals surface area contributed by atoms with Gasteiger partial charge in [-0.2, -0.15) is 0 Å². The first-order chi connectivity index (χ1) is 10.8. The predicted octanol–water partition coefficient (Wildman–Crippen LogP) is -0.0832. The van der Waals surface area contributed by atoms with Gasteiger partial charge in [-0.1, -0.05) is 5.11 Å². The molecule has 0 aromatic carbocycles. The molecule has 1 aliphatic heterocycles. The van der Waals surface area contributed by atoms with Crippen LogP contribution >= 0.6 is 0 Å². The van der Waals surface area contributed by atoms with E-state index in [1.165, 1.54) is 20.8 Å². The third-order valence-electron chi connectivity index (χ3n) is 3.51. The van der Waals surface area contributed by atoms with Gasteiger partial charge in [-0.05, 0) is 12.5 Å². The van der Waals surface area contributed by atoms with E-state index in [0.29, 0.717) is 0 Å². The maximum absolute atomic E-state index is 11.3. The van der Waals surface area contributed by atoms with Crippen LogP contribution in [0.1, 0.15) is 20.8 Å². The Bertz CT molecular complexity index is 478. The van der Waals surface area contributed by atoms with Crippen LogP contribution in [0.2, 0.25) is 0 Å². The zero-order valence-corrected chi connectivity index (χ0v) is 13.2. The lowest BCUT2D eigenvalue weighted by Gasteiger charge is -2.43. The number of nitrogens with zero attached hydrogens (tertiary/aromatic N) is 3. The monoisotopic (exact) mass is 331 g/mol. The molecule has 1 fully saturated rings. The molecule has 0 aromatic heterocycles. The number of rotatable bonds is 6. The molecule has 1 heterocycles. The second kappa shape index (κ2) is 8.68. The molecule has 10 heteroatoms. The summed E-state index contributed by atoms with van der Waals surface area (Å²) in [5.74, 6) is -2.10. The minimum atomic E-state index is -1.34. The number of hydrogen-bond acceptors (Lipinski definition) is 8. The number of azide groups is 1. The second-order valence-corrected chi connectivity index (χ2v) is 5.33. The van der Waals surface area contributed by atoms with Gasteiger partial charge in [0.15, 0.2) is 0 Å². The molecule has 0 spiro atoms. The van der Waals surface area contributed by atoms with Crippen molar-refractivity contribution in [2.45, 2.75) is 51.2 Å². The molecule has 1 rings (SSSR count). The van der Waals surface area contributed by atoms with Crippen molar-refractivity contribution < 1.29 is 34.0 Å². The van der Waals surface area contributed by atoms with E-state index in [4.69, 9.17) is 19.7 Å². The van der Waals surface area contributed by atoms with Gasteiger partial charge in [0.2, 0.25) is 0 Å². The Kier molecular flexibility index (Phi) is 7.24. The highest BCUT2D eigenvalue weighted by molar-refractivity contribution is 5.66. The highest BCUT2D eigenvalue weighted by atomic mass is 16.6. The number of esters is 2. The van der Waals surface area contributed by atoms with Gasteiger partial charge < -0.3 is 24.4 Å². The number of ether oxygens (including phenoxy) is 3. The van der Waals surface area contributed by atoms with Crippen molar-refractivity contribution in [3.8, 4) is 0 Å². The standard InChI is InChI=1S/C13H21N3O7/c1-6(17)12(20)11-10(5-21-7(2)18)22-4-9(15-16-14)13(11)23-8(3)19/h6,9-13,17,20H,4-5H2,1-3H3/t6?,9?,10?,11-,12?,13+/m0/s1. The lowest BCUT2D eigenvalue weighted by molar-refractivity contribution is -0.195. The zero-order valence-electron chi connectivity index (χ0n) is 13.2. The molecule has 0 saturated carbocycles. The molecule has 1 saturated heterocycles. The largest absolute Gasteiger partial charge is 0.463 e. The zero-order chi connectivity index (χ0) is 17.6. The molecular formula is C13H21N3O7. The summed E-state index contributed by atoms with van der Waals surface area (Å²) in [7, 11) is 0. The van der Waals surface area contributed by atoms with Gasteiger partial charge in [0.25, 0.3) is 0 Å². The summed E-state index contributed by atoms with van der Waals surface area (Å²) in [4.78, 5) is 25.0. The molecule has 130 valence electrons. The van der Waals surface area contributed by atoms with Crippen LogP contribution in [-0.4, -0.2) is 65.8 Å². The van der Waals surface area contributed by atoms with Crippen LogP contribution in [0.5, 0.6) is 0 Å². The van der Waals surface area contributed by atoms with Crippen LogP contribution in [0, 0.1) is 5.92 Å². The Balaban J connectivity index is 3.10. The molecular weight excluding hydrogens is 310 g/mol. The SMILES string of the molecule is CC(=O)OCC1OCC(N=[N+]=[N-])[C@@H](OC(C)=O)[C@@H]1C(O)C(C)O. The summed E-state index contributed by atoms with van der Waals surface area (Å²) >= 11 is 0. The van der Waals surface area contributed by atoms with E-state index in [1.54, 1.807) is 0 Å². The van der Waals surface area contributed by atoms with Crippen molar-refractivity contribution in [2.75, 3.05) is 13.2 Å². The average molecular weight is 331 g/mol. The number of aliphatic hydroxyl groups excluding tert-OH is 2. The fraction of sp³-hybridized carbons (Fsp3) is 0.846. The normalized spacial score (nSPS) is 29.8. The van der Waals surface area contributed by atoms with Gasteiger partial charge in [0.1, 0.15) is 18.8 Å². The number of carbonyl (C=O) groups excluding carboxylic acids is 2. The number of aliphatic hydroxyl groups is 2. The molecule has 2 N–H and O–H groups in total. The van der Waals surface area contributed by atoms with E-state index < -0.39 is 48.3 Å². The van der Waals surface area contributed by atoms with Crippen LogP contribution in [0.25, 0.3) is 10.4 Å². The average Bonchev–Trinajstić information content (AvgIpc) is 2.45. The summed E-state index contributed by atoms with van der Waals surface area (Å²) in [6.45, 7) is 3.49. The van der Waals surface area contributed by atoms with Crippen molar-refractivity contribution in [2.24, 2.45) is 11.0 Å². The molecule has 6 atom stereocenters. The lowest BCUT2D eigenvalue weighted by Crippen LogP contribution is -2.57. The highest BCUT2D eigenvalue weighted by Crippen LogP contribution is 2.31. The molecule has 23 heavy (non-hydrogen) atoms. The van der Waals surface area contributed by atoms with E-state index in [1.807, 2.05) is 0 Å². The molecule has 0 radical (unpaired) electrons. The number of carbonyl (C=O) groups is 2. The van der Waals surface area contributed by atoms with Gasteiger partial charge in [0, 0.05) is 18.8 Å². The number of hydrogen-bond donors (Lipinski definition) is 2. The van der Waals surface area contributed by atoms with Crippen molar-refractivity contribution in [3.05, 3.63) is 10.4 Å². The fourth-order valence-electron chi connectivity index (χ4n) is 2.50. The first-order valence-electron chi connectivity index (χ1n) is 7.10. The van der Waals surface area contributed by atoms with Crippen molar-refractivity contribution in [1.82, 2.24) is 0 Å². The molecule has 0 aliphatic carbocycles. The summed E-state index contributed by atoms with van der Waals surface area (Å²) in [6, 6.07) is -0.865. The van der Waals surface area contributed by atoms with Gasteiger partial charge in [-0.3, -0.25) is 9.59 Å². The maximum atomic E-state index is 11.3. The topological polar surface area (TPSA) is 151 Å². The van der Waals surface area contributed by atoms with Crippen LogP contribution in [0.15, 0.2) is 5.11 Å². The lowest BCUT2D eigenvalue weighted by atomic mass is 9.82.